The lowest BCUT2D eigenvalue weighted by molar-refractivity contribution is -0.386. The number of hydrogen-bond acceptors (Lipinski definition) is 5. The Labute approximate surface area is 125 Å². The van der Waals surface area contributed by atoms with Crippen molar-refractivity contribution in [2.75, 3.05) is 25.5 Å². The topological polar surface area (TPSA) is 92.6 Å². The fourth-order valence-corrected chi connectivity index (χ4v) is 3.54. The zero-order valence-electron chi connectivity index (χ0n) is 12.7. The standard InChI is InChI=1S/C13H21N3O4S/c1-5-14-11-7-6-8-12(13(11)16(17)18)21(19,20)15(4)9-10(2)3/h6-8,10,14H,5,9H2,1-4H3. The van der Waals surface area contributed by atoms with Gasteiger partial charge in [-0.25, -0.2) is 12.7 Å². The van der Waals surface area contributed by atoms with Crippen molar-refractivity contribution in [2.45, 2.75) is 25.7 Å². The Morgan fingerprint density at radius 2 is 2.00 bits per heavy atom. The second-order valence-corrected chi connectivity index (χ2v) is 7.13. The van der Waals surface area contributed by atoms with E-state index in [9.17, 15) is 18.5 Å². The van der Waals surface area contributed by atoms with Crippen LogP contribution >= 0.6 is 0 Å². The molecular weight excluding hydrogens is 294 g/mol. The molecule has 1 rings (SSSR count). The van der Waals surface area contributed by atoms with Crippen LogP contribution < -0.4 is 5.32 Å². The van der Waals surface area contributed by atoms with Crippen LogP contribution in [0.15, 0.2) is 23.1 Å². The molecule has 1 N–H and O–H groups in total. The van der Waals surface area contributed by atoms with E-state index in [1.165, 1.54) is 25.2 Å². The molecule has 0 aliphatic carbocycles. The number of nitro groups is 1. The van der Waals surface area contributed by atoms with E-state index in [0.29, 0.717) is 13.1 Å². The van der Waals surface area contributed by atoms with Crippen molar-refractivity contribution >= 4 is 21.4 Å². The first kappa shape index (κ1) is 17.4. The summed E-state index contributed by atoms with van der Waals surface area (Å²) in [5.41, 5.74) is -0.198. The summed E-state index contributed by atoms with van der Waals surface area (Å²) in [5, 5.41) is 14.1. The Morgan fingerprint density at radius 3 is 2.48 bits per heavy atom. The molecule has 0 aromatic heterocycles. The largest absolute Gasteiger partial charge is 0.380 e. The highest BCUT2D eigenvalue weighted by atomic mass is 32.2. The van der Waals surface area contributed by atoms with E-state index in [1.54, 1.807) is 6.92 Å². The van der Waals surface area contributed by atoms with Gasteiger partial charge in [-0.3, -0.25) is 10.1 Å². The molecule has 0 aliphatic rings. The molecule has 0 atom stereocenters. The van der Waals surface area contributed by atoms with Crippen molar-refractivity contribution in [3.8, 4) is 0 Å². The van der Waals surface area contributed by atoms with Crippen molar-refractivity contribution in [1.82, 2.24) is 4.31 Å². The number of hydrogen-bond donors (Lipinski definition) is 1. The minimum absolute atomic E-state index is 0.126. The molecule has 0 fully saturated rings. The normalized spacial score (nSPS) is 11.9. The monoisotopic (exact) mass is 315 g/mol. The summed E-state index contributed by atoms with van der Waals surface area (Å²) in [4.78, 5) is 10.3. The van der Waals surface area contributed by atoms with Crippen molar-refractivity contribution < 1.29 is 13.3 Å². The summed E-state index contributed by atoms with van der Waals surface area (Å²) in [6, 6.07) is 4.27. The van der Waals surface area contributed by atoms with Crippen LogP contribution in [0.3, 0.4) is 0 Å². The summed E-state index contributed by atoms with van der Waals surface area (Å²) in [6.07, 6.45) is 0. The van der Waals surface area contributed by atoms with Gasteiger partial charge in [0.05, 0.1) is 4.92 Å². The van der Waals surface area contributed by atoms with Gasteiger partial charge in [-0.2, -0.15) is 0 Å². The molecular formula is C13H21N3O4S. The molecule has 0 unspecified atom stereocenters. The van der Waals surface area contributed by atoms with Crippen LogP contribution in [0.25, 0.3) is 0 Å². The first-order valence-electron chi connectivity index (χ1n) is 6.69. The zero-order chi connectivity index (χ0) is 16.2. The fourth-order valence-electron chi connectivity index (χ4n) is 2.03. The van der Waals surface area contributed by atoms with Crippen molar-refractivity contribution in [3.63, 3.8) is 0 Å². The Hall–Kier alpha value is -1.67. The molecule has 1 aromatic rings. The lowest BCUT2D eigenvalue weighted by atomic mass is 10.2. The molecule has 0 amide bonds. The van der Waals surface area contributed by atoms with E-state index in [4.69, 9.17) is 0 Å². The van der Waals surface area contributed by atoms with Crippen LogP contribution in [0.1, 0.15) is 20.8 Å². The van der Waals surface area contributed by atoms with Crippen molar-refractivity contribution in [1.29, 1.82) is 0 Å². The van der Waals surface area contributed by atoms with Gasteiger partial charge in [-0.1, -0.05) is 19.9 Å². The quantitative estimate of drug-likeness (QED) is 0.615. The molecule has 1 aromatic carbocycles. The molecule has 0 bridgehead atoms. The van der Waals surface area contributed by atoms with Gasteiger partial charge >= 0.3 is 5.69 Å². The molecule has 0 saturated heterocycles. The number of para-hydroxylation sites is 1. The van der Waals surface area contributed by atoms with Gasteiger partial charge in [0.1, 0.15) is 5.69 Å². The molecule has 118 valence electrons. The molecule has 0 spiro atoms. The van der Waals surface area contributed by atoms with Crippen LogP contribution in [-0.4, -0.2) is 37.8 Å². The summed E-state index contributed by atoms with van der Waals surface area (Å²) >= 11 is 0. The van der Waals surface area contributed by atoms with Crippen LogP contribution in [0.4, 0.5) is 11.4 Å². The summed E-state index contributed by atoms with van der Waals surface area (Å²) in [6.45, 7) is 6.32. The van der Waals surface area contributed by atoms with E-state index >= 15 is 0 Å². The van der Waals surface area contributed by atoms with Crippen LogP contribution in [0, 0.1) is 16.0 Å². The molecule has 0 aliphatic heterocycles. The maximum absolute atomic E-state index is 12.5. The highest BCUT2D eigenvalue weighted by molar-refractivity contribution is 7.89. The van der Waals surface area contributed by atoms with Gasteiger partial charge in [-0.15, -0.1) is 0 Å². The molecule has 0 radical (unpaired) electrons. The highest BCUT2D eigenvalue weighted by Crippen LogP contribution is 2.33. The fraction of sp³-hybridized carbons (Fsp3) is 0.538. The summed E-state index contributed by atoms with van der Waals surface area (Å²) in [7, 11) is -2.47. The first-order valence-corrected chi connectivity index (χ1v) is 8.13. The first-order chi connectivity index (χ1) is 9.71. The zero-order valence-corrected chi connectivity index (χ0v) is 13.5. The van der Waals surface area contributed by atoms with E-state index in [-0.39, 0.29) is 16.5 Å². The van der Waals surface area contributed by atoms with Gasteiger partial charge in [-0.05, 0) is 25.0 Å². The predicted molar refractivity (Wildman–Crippen MR) is 81.9 cm³/mol. The third kappa shape index (κ3) is 3.92. The highest BCUT2D eigenvalue weighted by Gasteiger charge is 2.32. The summed E-state index contributed by atoms with van der Waals surface area (Å²) < 4.78 is 26.2. The Bertz CT molecular complexity index is 614. The molecule has 0 saturated carbocycles. The Balaban J connectivity index is 3.41. The van der Waals surface area contributed by atoms with Crippen molar-refractivity contribution in [3.05, 3.63) is 28.3 Å². The lowest BCUT2D eigenvalue weighted by Crippen LogP contribution is -2.31. The Morgan fingerprint density at radius 1 is 1.38 bits per heavy atom. The van der Waals surface area contributed by atoms with E-state index < -0.39 is 20.6 Å². The second kappa shape index (κ2) is 6.86. The number of benzene rings is 1. The third-order valence-electron chi connectivity index (χ3n) is 2.86. The molecule has 0 heterocycles. The van der Waals surface area contributed by atoms with Crippen LogP contribution in [-0.2, 0) is 10.0 Å². The number of nitro benzene ring substituents is 1. The van der Waals surface area contributed by atoms with Gasteiger partial charge in [0.15, 0.2) is 4.90 Å². The van der Waals surface area contributed by atoms with Gasteiger partial charge in [0, 0.05) is 20.1 Å². The molecule has 8 heteroatoms. The maximum atomic E-state index is 12.5. The lowest BCUT2D eigenvalue weighted by Gasteiger charge is -2.19. The average Bonchev–Trinajstić information content (AvgIpc) is 2.37. The smallest absolute Gasteiger partial charge is 0.312 e. The second-order valence-electron chi connectivity index (χ2n) is 5.12. The van der Waals surface area contributed by atoms with Crippen LogP contribution in [0.5, 0.6) is 0 Å². The minimum atomic E-state index is -3.90. The number of rotatable bonds is 7. The Kier molecular flexibility index (Phi) is 5.68. The SMILES string of the molecule is CCNc1cccc(S(=O)(=O)N(C)CC(C)C)c1[N+](=O)[O-]. The van der Waals surface area contributed by atoms with Gasteiger partial charge in [0.2, 0.25) is 10.0 Å². The number of anilines is 1. The van der Waals surface area contributed by atoms with Crippen molar-refractivity contribution in [2.24, 2.45) is 5.92 Å². The van der Waals surface area contributed by atoms with Gasteiger partial charge < -0.3 is 5.32 Å². The number of nitrogens with one attached hydrogen (secondary N) is 1. The van der Waals surface area contributed by atoms with E-state index in [1.807, 2.05) is 13.8 Å². The number of nitrogens with zero attached hydrogens (tertiary/aromatic N) is 2. The van der Waals surface area contributed by atoms with Gasteiger partial charge in [0.25, 0.3) is 0 Å². The third-order valence-corrected chi connectivity index (χ3v) is 4.71. The van der Waals surface area contributed by atoms with E-state index in [0.717, 1.165) is 4.31 Å². The predicted octanol–water partition coefficient (Wildman–Crippen LogP) is 2.30. The van der Waals surface area contributed by atoms with E-state index in [2.05, 4.69) is 5.32 Å². The molecule has 7 nitrogen and oxygen atoms in total. The summed E-state index contributed by atoms with van der Waals surface area (Å²) in [5.74, 6) is 0.126. The number of sulfonamides is 1. The van der Waals surface area contributed by atoms with Crippen LogP contribution in [0.2, 0.25) is 0 Å². The average molecular weight is 315 g/mol. The minimum Gasteiger partial charge on any atom is -0.380 e. The maximum Gasteiger partial charge on any atom is 0.312 e. The molecule has 21 heavy (non-hydrogen) atoms.